The van der Waals surface area contributed by atoms with Gasteiger partial charge in [0.2, 0.25) is 0 Å². The smallest absolute Gasteiger partial charge is 0.168 e. The van der Waals surface area contributed by atoms with Crippen LogP contribution in [0.5, 0.6) is 0 Å². The van der Waals surface area contributed by atoms with E-state index in [1.165, 1.54) is 41.2 Å². The molecule has 5 nitrogen and oxygen atoms in total. The topological polar surface area (TPSA) is 56.7 Å². The van der Waals surface area contributed by atoms with E-state index in [-0.39, 0.29) is 31.5 Å². The van der Waals surface area contributed by atoms with E-state index in [1.54, 1.807) is 12.1 Å². The SMILES string of the molecule is CC(C)c1cccc(C(C)C)c1-n1c(-c2[c-]ccc3c2oc2ccccc23)nc2nc(-c3ccccc3)ccc21.[2H]C([2H])([2H])c1ccc(-c2[c-]cc(F)cc2)nc1.[Ir]. The average Bonchev–Trinajstić information content (AvgIpc) is 3.79. The van der Waals surface area contributed by atoms with Gasteiger partial charge in [-0.05, 0) is 59.3 Å². The molecule has 0 N–H and O–H groups in total. The largest absolute Gasteiger partial charge is 0.501 e. The zero-order valence-corrected chi connectivity index (χ0v) is 33.2. The molecule has 0 atom stereocenters. The van der Waals surface area contributed by atoms with Gasteiger partial charge in [-0.1, -0.05) is 118 Å². The van der Waals surface area contributed by atoms with Gasteiger partial charge >= 0.3 is 0 Å². The van der Waals surface area contributed by atoms with Crippen molar-refractivity contribution in [2.45, 2.75) is 46.4 Å². The predicted octanol–water partition coefficient (Wildman–Crippen LogP) is 12.7. The number of benzene rings is 5. The van der Waals surface area contributed by atoms with E-state index in [2.05, 4.69) is 104 Å². The number of rotatable bonds is 6. The fourth-order valence-electron chi connectivity index (χ4n) is 6.87. The number of halogens is 1. The van der Waals surface area contributed by atoms with Gasteiger partial charge in [-0.25, -0.2) is 4.98 Å². The molecule has 0 unspecified atom stereocenters. The van der Waals surface area contributed by atoms with Crippen molar-refractivity contribution >= 4 is 33.1 Å². The molecule has 1 radical (unpaired) electrons. The number of para-hydroxylation sites is 2. The van der Waals surface area contributed by atoms with E-state index < -0.39 is 6.85 Å². The van der Waals surface area contributed by atoms with Crippen LogP contribution in [0.1, 0.15) is 60.3 Å². The van der Waals surface area contributed by atoms with Crippen LogP contribution in [0.15, 0.2) is 138 Å². The minimum Gasteiger partial charge on any atom is -0.501 e. The van der Waals surface area contributed by atoms with Crippen molar-refractivity contribution < 1.29 is 33.0 Å². The Morgan fingerprint density at radius 1 is 0.727 bits per heavy atom. The molecule has 0 saturated heterocycles. The molecule has 0 amide bonds. The number of nitrogens with zero attached hydrogens (tertiary/aromatic N) is 4. The summed E-state index contributed by atoms with van der Waals surface area (Å²) in [5.41, 5.74) is 11.2. The van der Waals surface area contributed by atoms with Crippen LogP contribution < -0.4 is 0 Å². The number of aromatic nitrogens is 4. The zero-order valence-electron chi connectivity index (χ0n) is 33.8. The number of imidazole rings is 1. The maximum atomic E-state index is 12.7. The summed E-state index contributed by atoms with van der Waals surface area (Å²) in [6.45, 7) is 6.84. The summed E-state index contributed by atoms with van der Waals surface area (Å²) in [6, 6.07) is 46.8. The van der Waals surface area contributed by atoms with E-state index in [4.69, 9.17) is 18.5 Å². The molecule has 0 saturated carbocycles. The van der Waals surface area contributed by atoms with Gasteiger partial charge in [0, 0.05) is 52.9 Å². The molecule has 0 fully saturated rings. The van der Waals surface area contributed by atoms with Gasteiger partial charge in [-0.2, -0.15) is 0 Å². The van der Waals surface area contributed by atoms with E-state index in [0.29, 0.717) is 28.7 Å². The van der Waals surface area contributed by atoms with Crippen LogP contribution >= 0.6 is 0 Å². The first-order chi connectivity index (χ1) is 27.5. The summed E-state index contributed by atoms with van der Waals surface area (Å²) in [5.74, 6) is 1.06. The molecular weight excluding hydrogens is 860 g/mol. The van der Waals surface area contributed by atoms with Crippen LogP contribution in [0.3, 0.4) is 0 Å². The molecule has 55 heavy (non-hydrogen) atoms. The number of pyridine rings is 2. The van der Waals surface area contributed by atoms with Crippen molar-refractivity contribution in [3.8, 4) is 39.6 Å². The Morgan fingerprint density at radius 2 is 1.47 bits per heavy atom. The molecule has 4 heterocycles. The van der Waals surface area contributed by atoms with Crippen LogP contribution in [0.25, 0.3) is 72.7 Å². The first kappa shape index (κ1) is 33.8. The monoisotopic (exact) mass is 902 g/mol. The van der Waals surface area contributed by atoms with E-state index in [1.807, 2.05) is 42.5 Å². The number of fused-ring (bicyclic) bond motifs is 4. The van der Waals surface area contributed by atoms with Gasteiger partial charge in [0.15, 0.2) is 5.65 Å². The molecule has 0 aliphatic rings. The quantitative estimate of drug-likeness (QED) is 0.156. The third-order valence-electron chi connectivity index (χ3n) is 9.53. The number of furan rings is 1. The van der Waals surface area contributed by atoms with E-state index >= 15 is 0 Å². The molecule has 4 aromatic heterocycles. The normalized spacial score (nSPS) is 12.3. The molecule has 0 aliphatic carbocycles. The molecule has 275 valence electrons. The number of hydrogen-bond acceptors (Lipinski definition) is 4. The maximum Gasteiger partial charge on any atom is 0.168 e. The first-order valence-corrected chi connectivity index (χ1v) is 18.0. The Labute approximate surface area is 338 Å². The average molecular weight is 902 g/mol. The van der Waals surface area contributed by atoms with Crippen molar-refractivity contribution in [2.24, 2.45) is 0 Å². The minimum absolute atomic E-state index is 0. The summed E-state index contributed by atoms with van der Waals surface area (Å²) >= 11 is 0. The predicted molar refractivity (Wildman–Crippen MR) is 217 cm³/mol. The van der Waals surface area contributed by atoms with Crippen LogP contribution in [0.2, 0.25) is 0 Å². The fraction of sp³-hybridized carbons (Fsp3) is 0.146. The Bertz CT molecular complexity index is 2820. The first-order valence-electron chi connectivity index (χ1n) is 19.5. The third kappa shape index (κ3) is 7.38. The van der Waals surface area contributed by atoms with Gasteiger partial charge in [0.1, 0.15) is 5.58 Å². The molecule has 9 rings (SSSR count). The Kier molecular flexibility index (Phi) is 9.78. The van der Waals surface area contributed by atoms with Gasteiger partial charge in [0.05, 0.1) is 22.6 Å². The summed E-state index contributed by atoms with van der Waals surface area (Å²) in [7, 11) is 0. The van der Waals surface area contributed by atoms with Gasteiger partial charge in [0.25, 0.3) is 0 Å². The fourth-order valence-corrected chi connectivity index (χ4v) is 6.87. The second kappa shape index (κ2) is 15.9. The van der Waals surface area contributed by atoms with Crippen LogP contribution in [-0.4, -0.2) is 19.5 Å². The van der Waals surface area contributed by atoms with Crippen LogP contribution in [-0.2, 0) is 20.1 Å². The van der Waals surface area contributed by atoms with Gasteiger partial charge < -0.3 is 14.0 Å². The maximum absolute atomic E-state index is 12.7. The number of aryl methyl sites for hydroxylation is 1. The molecule has 0 bridgehead atoms. The van der Waals surface area contributed by atoms with E-state index in [0.717, 1.165) is 50.1 Å². The summed E-state index contributed by atoms with van der Waals surface area (Å²) in [4.78, 5) is 14.3. The Balaban J connectivity index is 0.000000240. The van der Waals surface area contributed by atoms with Crippen LogP contribution in [0, 0.1) is 24.8 Å². The molecule has 9 aromatic rings. The Hall–Kier alpha value is -5.75. The second-order valence-corrected chi connectivity index (χ2v) is 13.8. The van der Waals surface area contributed by atoms with Crippen LogP contribution in [0.4, 0.5) is 4.39 Å². The third-order valence-corrected chi connectivity index (χ3v) is 9.53. The van der Waals surface area contributed by atoms with Crippen molar-refractivity contribution in [1.29, 1.82) is 0 Å². The standard InChI is InChI=1S/C36H30N3O.C12H9FN.Ir/c1-22(2)25-15-10-16-26(23(3)4)33(25)39-31-21-20-30(24-12-6-5-7-13-24)37-35(31)38-36(39)29-18-11-17-28-27-14-8-9-19-32(27)40-34(28)29;1-9-2-7-12(14-8-9)10-3-5-11(13)6-4-10;/h5-17,19-23H,1-4H3;2-3,5-8H,1H3;/q2*-1;/i;1D3;. The van der Waals surface area contributed by atoms with Crippen molar-refractivity contribution in [3.05, 3.63) is 168 Å². The Morgan fingerprint density at radius 3 is 2.16 bits per heavy atom. The molecule has 0 aliphatic heterocycles. The minimum atomic E-state index is -2.15. The molecule has 0 spiro atoms. The zero-order chi connectivity index (χ0) is 39.8. The van der Waals surface area contributed by atoms with Gasteiger partial charge in [-0.3, -0.25) is 9.37 Å². The van der Waals surface area contributed by atoms with Gasteiger partial charge in [-0.15, -0.1) is 48.0 Å². The molecular formula is C48H39FIrN4O-2. The summed E-state index contributed by atoms with van der Waals surface area (Å²) in [6.07, 6.45) is 1.31. The summed E-state index contributed by atoms with van der Waals surface area (Å²) in [5, 5.41) is 2.15. The molecule has 7 heteroatoms. The number of hydrogen-bond donors (Lipinski definition) is 0. The second-order valence-electron chi connectivity index (χ2n) is 13.8. The van der Waals surface area contributed by atoms with Crippen molar-refractivity contribution in [3.63, 3.8) is 0 Å². The van der Waals surface area contributed by atoms with E-state index in [9.17, 15) is 4.39 Å². The van der Waals surface area contributed by atoms with Crippen molar-refractivity contribution in [1.82, 2.24) is 19.5 Å². The van der Waals surface area contributed by atoms with Crippen molar-refractivity contribution in [2.75, 3.05) is 0 Å². The summed E-state index contributed by atoms with van der Waals surface area (Å²) < 4.78 is 43.1. The molecule has 5 aromatic carbocycles.